The van der Waals surface area contributed by atoms with Crippen LogP contribution >= 0.6 is 0 Å². The second-order valence-electron chi connectivity index (χ2n) is 8.01. The molecule has 0 heterocycles. The number of phenols is 2. The first kappa shape index (κ1) is 34.4. The number of benzene rings is 4. The summed E-state index contributed by atoms with van der Waals surface area (Å²) < 4.78 is 124. The van der Waals surface area contributed by atoms with Crippen LogP contribution in [0.15, 0.2) is 68.1 Å². The Balaban J connectivity index is 0.000000280. The molecule has 0 aliphatic rings. The van der Waals surface area contributed by atoms with Crippen LogP contribution < -0.4 is 11.5 Å². The maximum atomic E-state index is 11.1. The zero-order valence-corrected chi connectivity index (χ0v) is 25.6. The van der Waals surface area contributed by atoms with Gasteiger partial charge in [-0.25, -0.2) is 0 Å². The van der Waals surface area contributed by atoms with Crippen molar-refractivity contribution < 1.29 is 62.1 Å². The summed E-state index contributed by atoms with van der Waals surface area (Å²) in [4.78, 5) is -2.38. The number of hydrogen-bond acceptors (Lipinski definition) is 12. The van der Waals surface area contributed by atoms with Crippen LogP contribution in [0.4, 0.5) is 11.4 Å². The van der Waals surface area contributed by atoms with Gasteiger partial charge in [-0.3, -0.25) is 18.2 Å². The van der Waals surface area contributed by atoms with Gasteiger partial charge in [-0.1, -0.05) is 0 Å². The third kappa shape index (κ3) is 7.75. The van der Waals surface area contributed by atoms with E-state index < -0.39 is 71.6 Å². The summed E-state index contributed by atoms with van der Waals surface area (Å²) in [5, 5.41) is 19.3. The third-order valence-corrected chi connectivity index (χ3v) is 8.53. The largest absolute Gasteiger partial charge is 0.507 e. The SMILES string of the molecule is Nc1cc(S(=O)(=O)O)cc2cc(S(=O)(=O)O)cc(O)c12.Nc1cc(S(=O)(=O)O)cc2cc(S(=O)(=O)O)cc(O)c12.[Na]. The molecule has 0 unspecified atom stereocenters. The van der Waals surface area contributed by atoms with Crippen molar-refractivity contribution in [3.8, 4) is 11.5 Å². The predicted molar refractivity (Wildman–Crippen MR) is 145 cm³/mol. The van der Waals surface area contributed by atoms with Gasteiger partial charge in [0.25, 0.3) is 40.5 Å². The number of nitrogen functional groups attached to an aromatic ring is 2. The Bertz CT molecular complexity index is 1850. The Morgan fingerprint density at radius 1 is 0.439 bits per heavy atom. The first-order valence-corrected chi connectivity index (χ1v) is 15.8. The van der Waals surface area contributed by atoms with E-state index in [0.29, 0.717) is 0 Å². The average molecular weight is 662 g/mol. The first-order valence-electron chi connectivity index (χ1n) is 10.0. The molecule has 0 atom stereocenters. The van der Waals surface area contributed by atoms with Crippen molar-refractivity contribution >= 4 is 103 Å². The number of hydrogen-bond donors (Lipinski definition) is 8. The number of anilines is 2. The molecule has 0 bridgehead atoms. The fraction of sp³-hybridized carbons (Fsp3) is 0. The second-order valence-corrected chi connectivity index (χ2v) is 13.7. The molecule has 0 saturated heterocycles. The maximum Gasteiger partial charge on any atom is 0.294 e. The molecular weight excluding hydrogens is 643 g/mol. The molecule has 21 heteroatoms. The smallest absolute Gasteiger partial charge is 0.294 e. The fourth-order valence-electron chi connectivity index (χ4n) is 3.54. The van der Waals surface area contributed by atoms with Gasteiger partial charge in [0.2, 0.25) is 0 Å². The van der Waals surface area contributed by atoms with Gasteiger partial charge >= 0.3 is 0 Å². The monoisotopic (exact) mass is 661 g/mol. The zero-order chi connectivity index (χ0) is 30.6. The molecular formula is C20H18N2NaO14S4. The Kier molecular flexibility index (Phi) is 9.65. The molecule has 0 spiro atoms. The van der Waals surface area contributed by atoms with E-state index in [-0.39, 0.29) is 62.5 Å². The van der Waals surface area contributed by atoms with Crippen molar-refractivity contribution in [2.75, 3.05) is 11.5 Å². The minimum absolute atomic E-state index is 0. The van der Waals surface area contributed by atoms with Crippen molar-refractivity contribution in [3.63, 3.8) is 0 Å². The Labute approximate surface area is 254 Å². The van der Waals surface area contributed by atoms with E-state index in [9.17, 15) is 43.9 Å². The minimum Gasteiger partial charge on any atom is -0.507 e. The van der Waals surface area contributed by atoms with Crippen LogP contribution in [0, 0.1) is 0 Å². The maximum absolute atomic E-state index is 11.1. The van der Waals surface area contributed by atoms with Gasteiger partial charge in [0.1, 0.15) is 11.5 Å². The molecule has 0 saturated carbocycles. The van der Waals surface area contributed by atoms with Crippen LogP contribution in [0.25, 0.3) is 21.5 Å². The van der Waals surface area contributed by atoms with Gasteiger partial charge in [0.15, 0.2) is 0 Å². The number of rotatable bonds is 4. The average Bonchev–Trinajstić information content (AvgIpc) is 2.76. The summed E-state index contributed by atoms with van der Waals surface area (Å²) >= 11 is 0. The Hall–Kier alpha value is -2.76. The van der Waals surface area contributed by atoms with Gasteiger partial charge in [-0.05, 0) is 47.2 Å². The second kappa shape index (κ2) is 11.5. The molecule has 1 radical (unpaired) electrons. The van der Waals surface area contributed by atoms with Gasteiger partial charge in [0.05, 0.1) is 19.6 Å². The topological polar surface area (TPSA) is 310 Å². The summed E-state index contributed by atoms with van der Waals surface area (Å²) in [7, 11) is -18.3. The van der Waals surface area contributed by atoms with Crippen LogP contribution in [0.1, 0.15) is 0 Å². The van der Waals surface area contributed by atoms with E-state index in [4.69, 9.17) is 29.7 Å². The number of phenolic OH excluding ortho intramolecular Hbond substituents is 2. The van der Waals surface area contributed by atoms with E-state index in [1.807, 2.05) is 0 Å². The zero-order valence-electron chi connectivity index (χ0n) is 20.4. The van der Waals surface area contributed by atoms with Crippen LogP contribution in [0.2, 0.25) is 0 Å². The van der Waals surface area contributed by atoms with Crippen molar-refractivity contribution in [1.82, 2.24) is 0 Å². The van der Waals surface area contributed by atoms with Gasteiger partial charge in [-0.2, -0.15) is 33.7 Å². The summed E-state index contributed by atoms with van der Waals surface area (Å²) in [6, 6.07) is 7.10. The van der Waals surface area contributed by atoms with Crippen molar-refractivity contribution in [3.05, 3.63) is 48.5 Å². The first-order chi connectivity index (χ1) is 18.0. The summed E-state index contributed by atoms with van der Waals surface area (Å²) in [6.07, 6.45) is 0. The molecule has 0 aliphatic carbocycles. The quantitative estimate of drug-likeness (QED) is 0.0854. The molecule has 10 N–H and O–H groups in total. The molecule has 4 aromatic carbocycles. The van der Waals surface area contributed by atoms with Gasteiger partial charge in [-0.15, -0.1) is 0 Å². The van der Waals surface area contributed by atoms with E-state index in [0.717, 1.165) is 48.5 Å². The number of nitrogens with two attached hydrogens (primary N) is 2. The molecule has 0 aliphatic heterocycles. The minimum atomic E-state index is -4.59. The Morgan fingerprint density at radius 3 is 0.878 bits per heavy atom. The summed E-state index contributed by atoms with van der Waals surface area (Å²) in [5.41, 5.74) is 10.8. The van der Waals surface area contributed by atoms with Gasteiger partial charge in [0, 0.05) is 63.8 Å². The summed E-state index contributed by atoms with van der Waals surface area (Å²) in [6.45, 7) is 0. The molecule has 0 fully saturated rings. The van der Waals surface area contributed by atoms with Gasteiger partial charge < -0.3 is 21.7 Å². The van der Waals surface area contributed by atoms with Crippen LogP contribution in [-0.4, -0.2) is 91.7 Å². The molecule has 217 valence electrons. The molecule has 16 nitrogen and oxygen atoms in total. The standard InChI is InChI=1S/2C10H9NO7S2.Na/c2*11-8-3-6(19(13,14)15)1-5-2-7(20(16,17)18)4-9(12)10(5)8;/h2*1-4,12H,11H2,(H,13,14,15)(H,16,17,18);. The van der Waals surface area contributed by atoms with E-state index in [1.165, 1.54) is 0 Å². The van der Waals surface area contributed by atoms with Crippen LogP contribution in [0.3, 0.4) is 0 Å². The van der Waals surface area contributed by atoms with E-state index >= 15 is 0 Å². The van der Waals surface area contributed by atoms with Crippen molar-refractivity contribution in [2.24, 2.45) is 0 Å². The fourth-order valence-corrected chi connectivity index (χ4v) is 5.71. The summed E-state index contributed by atoms with van der Waals surface area (Å²) in [5.74, 6) is -1.09. The molecule has 0 aromatic heterocycles. The number of aromatic hydroxyl groups is 2. The van der Waals surface area contributed by atoms with Crippen LogP contribution in [0.5, 0.6) is 11.5 Å². The van der Waals surface area contributed by atoms with E-state index in [1.54, 1.807) is 0 Å². The molecule has 4 rings (SSSR count). The Morgan fingerprint density at radius 2 is 0.659 bits per heavy atom. The number of fused-ring (bicyclic) bond motifs is 2. The van der Waals surface area contributed by atoms with E-state index in [2.05, 4.69) is 0 Å². The normalized spacial score (nSPS) is 12.4. The molecule has 0 amide bonds. The van der Waals surface area contributed by atoms with Crippen molar-refractivity contribution in [1.29, 1.82) is 0 Å². The third-order valence-electron chi connectivity index (χ3n) is 5.20. The van der Waals surface area contributed by atoms with Crippen LogP contribution in [-0.2, 0) is 40.5 Å². The molecule has 4 aromatic rings. The molecule has 41 heavy (non-hydrogen) atoms. The van der Waals surface area contributed by atoms with Crippen molar-refractivity contribution in [2.45, 2.75) is 19.6 Å². The predicted octanol–water partition coefficient (Wildman–Crippen LogP) is 0.861.